The topological polar surface area (TPSA) is 72.7 Å². The van der Waals surface area contributed by atoms with Gasteiger partial charge in [0, 0.05) is 13.0 Å². The number of carbonyl (C=O) groups excluding carboxylic acids is 1. The van der Waals surface area contributed by atoms with E-state index in [9.17, 15) is 4.79 Å². The number of nitrogens with zero attached hydrogens (tertiary/aromatic N) is 4. The van der Waals surface area contributed by atoms with E-state index in [1.807, 2.05) is 10.6 Å². The van der Waals surface area contributed by atoms with Crippen LogP contribution in [0, 0.1) is 13.8 Å². The first-order valence-electron chi connectivity index (χ1n) is 7.23. The zero-order valence-corrected chi connectivity index (χ0v) is 13.2. The highest BCUT2D eigenvalue weighted by molar-refractivity contribution is 7.22. The maximum absolute atomic E-state index is 12.4. The van der Waals surface area contributed by atoms with Gasteiger partial charge in [0.25, 0.3) is 5.91 Å². The van der Waals surface area contributed by atoms with Crippen LogP contribution in [0.5, 0.6) is 0 Å². The van der Waals surface area contributed by atoms with E-state index in [-0.39, 0.29) is 5.91 Å². The smallest absolute Gasteiger partial charge is 0.295 e. The normalized spacial score (nSPS) is 13.5. The lowest BCUT2D eigenvalue weighted by Crippen LogP contribution is -2.17. The number of carbonyl (C=O) groups is 1. The number of hydrogen-bond acceptors (Lipinski definition) is 5. The van der Waals surface area contributed by atoms with Crippen LogP contribution in [0.3, 0.4) is 0 Å². The lowest BCUT2D eigenvalue weighted by atomic mass is 10.1. The van der Waals surface area contributed by atoms with Crippen LogP contribution in [-0.2, 0) is 13.0 Å². The SMILES string of the molecule is Cc1cc2nc(NC(=O)c3nnc4n3CCC4)sc2cc1C. The Bertz CT molecular complexity index is 856. The second-order valence-electron chi connectivity index (χ2n) is 5.57. The van der Waals surface area contributed by atoms with Gasteiger partial charge in [-0.2, -0.15) is 0 Å². The first-order chi connectivity index (χ1) is 10.6. The van der Waals surface area contributed by atoms with Crippen molar-refractivity contribution in [2.75, 3.05) is 5.32 Å². The predicted octanol–water partition coefficient (Wildman–Crippen LogP) is 2.70. The number of rotatable bonds is 2. The zero-order valence-electron chi connectivity index (χ0n) is 12.4. The molecule has 0 spiro atoms. The molecular formula is C15H15N5OS. The van der Waals surface area contributed by atoms with Gasteiger partial charge in [0.1, 0.15) is 5.82 Å². The summed E-state index contributed by atoms with van der Waals surface area (Å²) in [5, 5.41) is 11.5. The molecule has 7 heteroatoms. The summed E-state index contributed by atoms with van der Waals surface area (Å²) < 4.78 is 2.96. The Kier molecular flexibility index (Phi) is 2.97. The average Bonchev–Trinajstić information content (AvgIpc) is 3.13. The van der Waals surface area contributed by atoms with Crippen molar-refractivity contribution >= 4 is 32.6 Å². The Morgan fingerprint density at radius 3 is 2.95 bits per heavy atom. The molecular weight excluding hydrogens is 298 g/mol. The third-order valence-corrected chi connectivity index (χ3v) is 4.97. The lowest BCUT2D eigenvalue weighted by molar-refractivity contribution is 0.101. The molecule has 0 saturated carbocycles. The summed E-state index contributed by atoms with van der Waals surface area (Å²) >= 11 is 1.48. The second-order valence-corrected chi connectivity index (χ2v) is 6.60. The zero-order chi connectivity index (χ0) is 15.3. The molecule has 1 aromatic carbocycles. The summed E-state index contributed by atoms with van der Waals surface area (Å²) in [6.07, 6.45) is 1.91. The second kappa shape index (κ2) is 4.88. The average molecular weight is 313 g/mol. The van der Waals surface area contributed by atoms with Crippen LogP contribution in [0.15, 0.2) is 12.1 Å². The summed E-state index contributed by atoms with van der Waals surface area (Å²) in [7, 11) is 0. The van der Waals surface area contributed by atoms with E-state index < -0.39 is 0 Å². The number of fused-ring (bicyclic) bond motifs is 2. The van der Waals surface area contributed by atoms with Crippen LogP contribution in [0.4, 0.5) is 5.13 Å². The van der Waals surface area contributed by atoms with Crippen molar-refractivity contribution in [3.05, 3.63) is 34.9 Å². The molecule has 112 valence electrons. The minimum Gasteiger partial charge on any atom is -0.307 e. The van der Waals surface area contributed by atoms with Gasteiger partial charge in [0.2, 0.25) is 5.82 Å². The minimum atomic E-state index is -0.242. The molecule has 0 atom stereocenters. The number of amides is 1. The summed E-state index contributed by atoms with van der Waals surface area (Å²) in [4.78, 5) is 16.9. The van der Waals surface area contributed by atoms with Gasteiger partial charge in [-0.05, 0) is 43.5 Å². The third-order valence-electron chi connectivity index (χ3n) is 4.04. The van der Waals surface area contributed by atoms with Gasteiger partial charge in [-0.25, -0.2) is 4.98 Å². The molecule has 3 heterocycles. The molecule has 0 radical (unpaired) electrons. The van der Waals surface area contributed by atoms with E-state index in [1.165, 1.54) is 22.5 Å². The summed E-state index contributed by atoms with van der Waals surface area (Å²) in [6.45, 7) is 4.95. The first-order valence-corrected chi connectivity index (χ1v) is 8.04. The number of hydrogen-bond donors (Lipinski definition) is 1. The van der Waals surface area contributed by atoms with E-state index in [1.54, 1.807) is 0 Å². The summed E-state index contributed by atoms with van der Waals surface area (Å²) in [5.74, 6) is 1.02. The van der Waals surface area contributed by atoms with E-state index >= 15 is 0 Å². The molecule has 0 unspecified atom stereocenters. The maximum Gasteiger partial charge on any atom is 0.295 e. The van der Waals surface area contributed by atoms with Gasteiger partial charge in [-0.1, -0.05) is 11.3 Å². The van der Waals surface area contributed by atoms with Crippen molar-refractivity contribution in [3.8, 4) is 0 Å². The molecule has 4 rings (SSSR count). The molecule has 1 aliphatic rings. The molecule has 1 amide bonds. The highest BCUT2D eigenvalue weighted by Crippen LogP contribution is 2.28. The molecule has 1 aliphatic heterocycles. The van der Waals surface area contributed by atoms with Crippen LogP contribution >= 0.6 is 11.3 Å². The van der Waals surface area contributed by atoms with Crippen LogP contribution in [0.1, 0.15) is 34.0 Å². The third kappa shape index (κ3) is 2.09. The highest BCUT2D eigenvalue weighted by Gasteiger charge is 2.23. The van der Waals surface area contributed by atoms with E-state index in [0.717, 1.165) is 35.4 Å². The van der Waals surface area contributed by atoms with Crippen molar-refractivity contribution in [2.24, 2.45) is 0 Å². The summed E-state index contributed by atoms with van der Waals surface area (Å²) in [6, 6.07) is 4.15. The number of nitrogens with one attached hydrogen (secondary N) is 1. The molecule has 0 bridgehead atoms. The standard InChI is InChI=1S/C15H15N5OS/c1-8-6-10-11(7-9(8)2)22-15(16-10)17-14(21)13-19-18-12-4-3-5-20(12)13/h6-7H,3-5H2,1-2H3,(H,16,17,21). The van der Waals surface area contributed by atoms with E-state index in [0.29, 0.717) is 11.0 Å². The molecule has 0 aliphatic carbocycles. The quantitative estimate of drug-likeness (QED) is 0.789. The van der Waals surface area contributed by atoms with Crippen molar-refractivity contribution in [3.63, 3.8) is 0 Å². The first kappa shape index (κ1) is 13.4. The molecule has 2 aromatic heterocycles. The van der Waals surface area contributed by atoms with Crippen molar-refractivity contribution in [2.45, 2.75) is 33.2 Å². The molecule has 22 heavy (non-hydrogen) atoms. The number of aromatic nitrogens is 4. The molecule has 1 N–H and O–H groups in total. The number of anilines is 1. The molecule has 6 nitrogen and oxygen atoms in total. The van der Waals surface area contributed by atoms with Gasteiger partial charge in [0.15, 0.2) is 5.13 Å². The minimum absolute atomic E-state index is 0.242. The lowest BCUT2D eigenvalue weighted by Gasteiger charge is -2.01. The number of aryl methyl sites for hydroxylation is 3. The van der Waals surface area contributed by atoms with Crippen LogP contribution in [-0.4, -0.2) is 25.7 Å². The van der Waals surface area contributed by atoms with Crippen LogP contribution in [0.2, 0.25) is 0 Å². The van der Waals surface area contributed by atoms with Gasteiger partial charge >= 0.3 is 0 Å². The van der Waals surface area contributed by atoms with Gasteiger partial charge < -0.3 is 4.57 Å². The Labute approximate surface area is 131 Å². The van der Waals surface area contributed by atoms with Crippen molar-refractivity contribution in [1.29, 1.82) is 0 Å². The van der Waals surface area contributed by atoms with Gasteiger partial charge in [0.05, 0.1) is 10.2 Å². The largest absolute Gasteiger partial charge is 0.307 e. The van der Waals surface area contributed by atoms with Crippen molar-refractivity contribution in [1.82, 2.24) is 19.7 Å². The van der Waals surface area contributed by atoms with Gasteiger partial charge in [-0.15, -0.1) is 10.2 Å². The van der Waals surface area contributed by atoms with Crippen molar-refractivity contribution < 1.29 is 4.79 Å². The fourth-order valence-electron chi connectivity index (χ4n) is 2.70. The van der Waals surface area contributed by atoms with Crippen LogP contribution < -0.4 is 5.32 Å². The number of benzene rings is 1. The van der Waals surface area contributed by atoms with E-state index in [2.05, 4.69) is 40.4 Å². The summed E-state index contributed by atoms with van der Waals surface area (Å²) in [5.41, 5.74) is 3.34. The molecule has 3 aromatic rings. The Morgan fingerprint density at radius 2 is 2.09 bits per heavy atom. The van der Waals surface area contributed by atoms with E-state index in [4.69, 9.17) is 0 Å². The molecule has 0 saturated heterocycles. The fourth-order valence-corrected chi connectivity index (χ4v) is 3.65. The Balaban J connectivity index is 1.64. The van der Waals surface area contributed by atoms with Crippen LogP contribution in [0.25, 0.3) is 10.2 Å². The number of thiazole rings is 1. The monoisotopic (exact) mass is 313 g/mol. The molecule has 0 fully saturated rings. The predicted molar refractivity (Wildman–Crippen MR) is 85.4 cm³/mol. The van der Waals surface area contributed by atoms with Gasteiger partial charge in [-0.3, -0.25) is 10.1 Å². The Morgan fingerprint density at radius 1 is 1.27 bits per heavy atom. The Hall–Kier alpha value is -2.28. The maximum atomic E-state index is 12.4. The highest BCUT2D eigenvalue weighted by atomic mass is 32.1. The fraction of sp³-hybridized carbons (Fsp3) is 0.333.